The molecule has 0 amide bonds. The Balaban J connectivity index is 1.76. The zero-order chi connectivity index (χ0) is 13.9. The van der Waals surface area contributed by atoms with Crippen molar-refractivity contribution in [1.82, 2.24) is 20.6 Å². The first-order chi connectivity index (χ1) is 9.70. The monoisotopic (exact) mass is 309 g/mol. The van der Waals surface area contributed by atoms with E-state index in [2.05, 4.69) is 25.9 Å². The second-order valence-corrected chi connectivity index (χ2v) is 4.89. The van der Waals surface area contributed by atoms with Gasteiger partial charge < -0.3 is 9.73 Å². The number of aromatic nitrogens is 4. The Morgan fingerprint density at radius 2 is 1.95 bits per heavy atom. The van der Waals surface area contributed by atoms with Crippen LogP contribution < -0.4 is 5.32 Å². The summed E-state index contributed by atoms with van der Waals surface area (Å²) in [5.41, 5.74) is 0.827. The fourth-order valence-electron chi connectivity index (χ4n) is 1.73. The molecule has 3 aromatic rings. The topological polar surface area (TPSA) is 79.6 Å². The maximum atomic E-state index is 5.97. The summed E-state index contributed by atoms with van der Waals surface area (Å²) in [5.74, 6) is 1.84. The molecular formula is C12H9Cl2N5O. The van der Waals surface area contributed by atoms with Crippen LogP contribution in [0.2, 0.25) is 10.0 Å². The smallest absolute Gasteiger partial charge is 0.263 e. The Bertz CT molecular complexity index is 690. The van der Waals surface area contributed by atoms with E-state index in [9.17, 15) is 0 Å². The number of nitrogens with zero attached hydrogens (tertiary/aromatic N) is 3. The number of furan rings is 1. The van der Waals surface area contributed by atoms with Crippen LogP contribution in [0.1, 0.15) is 5.76 Å². The van der Waals surface area contributed by atoms with Crippen LogP contribution in [0.3, 0.4) is 0 Å². The number of anilines is 1. The van der Waals surface area contributed by atoms with E-state index in [4.69, 9.17) is 27.6 Å². The van der Waals surface area contributed by atoms with Crippen molar-refractivity contribution < 1.29 is 4.42 Å². The number of H-pyrrole nitrogens is 1. The van der Waals surface area contributed by atoms with Gasteiger partial charge in [-0.15, -0.1) is 5.10 Å². The number of benzene rings is 1. The maximum absolute atomic E-state index is 5.97. The van der Waals surface area contributed by atoms with E-state index in [0.29, 0.717) is 28.3 Å². The van der Waals surface area contributed by atoms with E-state index in [0.717, 1.165) is 11.3 Å². The van der Waals surface area contributed by atoms with E-state index in [-0.39, 0.29) is 0 Å². The Morgan fingerprint density at radius 1 is 1.15 bits per heavy atom. The van der Waals surface area contributed by atoms with Crippen molar-refractivity contribution in [2.24, 2.45) is 0 Å². The first-order valence-corrected chi connectivity index (χ1v) is 6.49. The van der Waals surface area contributed by atoms with Crippen molar-refractivity contribution in [3.8, 4) is 11.3 Å². The SMILES string of the molecule is Clc1cc(Cl)cc(-c2ccc(CNc3nn[nH]n3)o2)c1. The molecule has 0 unspecified atom stereocenters. The molecule has 2 aromatic heterocycles. The van der Waals surface area contributed by atoms with Crippen molar-refractivity contribution >= 4 is 29.2 Å². The van der Waals surface area contributed by atoms with Crippen molar-refractivity contribution in [3.63, 3.8) is 0 Å². The predicted molar refractivity (Wildman–Crippen MR) is 75.7 cm³/mol. The van der Waals surface area contributed by atoms with Gasteiger partial charge in [0.1, 0.15) is 11.5 Å². The molecule has 102 valence electrons. The Morgan fingerprint density at radius 3 is 2.65 bits per heavy atom. The standard InChI is InChI=1S/C12H9Cl2N5O/c13-8-3-7(4-9(14)5-8)11-2-1-10(20-11)6-15-12-16-18-19-17-12/h1-5H,6H2,(H2,15,16,17,18,19). The second kappa shape index (κ2) is 5.52. The molecule has 0 saturated carbocycles. The van der Waals surface area contributed by atoms with Crippen LogP contribution in [0.25, 0.3) is 11.3 Å². The van der Waals surface area contributed by atoms with Crippen molar-refractivity contribution in [3.05, 3.63) is 46.1 Å². The number of hydrogen-bond donors (Lipinski definition) is 2. The molecule has 2 N–H and O–H groups in total. The number of nitrogens with one attached hydrogen (secondary N) is 2. The van der Waals surface area contributed by atoms with Gasteiger partial charge in [-0.1, -0.05) is 28.3 Å². The van der Waals surface area contributed by atoms with Crippen molar-refractivity contribution in [2.75, 3.05) is 5.32 Å². The molecule has 0 bridgehead atoms. The lowest BCUT2D eigenvalue weighted by Crippen LogP contribution is -1.99. The lowest BCUT2D eigenvalue weighted by Gasteiger charge is -2.00. The Kier molecular flexibility index (Phi) is 3.58. The second-order valence-electron chi connectivity index (χ2n) is 4.01. The van der Waals surface area contributed by atoms with Crippen molar-refractivity contribution in [1.29, 1.82) is 0 Å². The summed E-state index contributed by atoms with van der Waals surface area (Å²) in [7, 11) is 0. The molecule has 8 heteroatoms. The molecule has 20 heavy (non-hydrogen) atoms. The highest BCUT2D eigenvalue weighted by Gasteiger charge is 2.07. The van der Waals surface area contributed by atoms with E-state index in [1.54, 1.807) is 18.2 Å². The molecule has 0 aliphatic heterocycles. The first kappa shape index (κ1) is 13.0. The molecule has 0 fully saturated rings. The molecule has 3 rings (SSSR count). The summed E-state index contributed by atoms with van der Waals surface area (Å²) in [6, 6.07) is 8.98. The van der Waals surface area contributed by atoms with Gasteiger partial charge in [-0.25, -0.2) is 0 Å². The number of halogens is 2. The highest BCUT2D eigenvalue weighted by atomic mass is 35.5. The van der Waals surface area contributed by atoms with E-state index in [1.165, 1.54) is 0 Å². The van der Waals surface area contributed by atoms with Crippen LogP contribution in [0.4, 0.5) is 5.95 Å². The highest BCUT2D eigenvalue weighted by Crippen LogP contribution is 2.28. The number of aromatic amines is 1. The van der Waals surface area contributed by atoms with E-state index < -0.39 is 0 Å². The first-order valence-electron chi connectivity index (χ1n) is 5.73. The minimum atomic E-state index is 0.411. The third-order valence-electron chi connectivity index (χ3n) is 2.57. The summed E-state index contributed by atoms with van der Waals surface area (Å²) in [4.78, 5) is 0. The third-order valence-corrected chi connectivity index (χ3v) is 3.01. The molecule has 6 nitrogen and oxygen atoms in total. The third kappa shape index (κ3) is 2.92. The van der Waals surface area contributed by atoms with Crippen LogP contribution in [-0.4, -0.2) is 20.6 Å². The van der Waals surface area contributed by atoms with Gasteiger partial charge in [-0.2, -0.15) is 5.21 Å². The number of hydrogen-bond acceptors (Lipinski definition) is 5. The summed E-state index contributed by atoms with van der Waals surface area (Å²) >= 11 is 11.9. The minimum absolute atomic E-state index is 0.411. The minimum Gasteiger partial charge on any atom is -0.459 e. The van der Waals surface area contributed by atoms with Crippen molar-refractivity contribution in [2.45, 2.75) is 6.54 Å². The summed E-state index contributed by atoms with van der Waals surface area (Å²) in [6.07, 6.45) is 0. The van der Waals surface area contributed by atoms with Gasteiger partial charge in [0.05, 0.1) is 6.54 Å². The molecule has 0 spiro atoms. The van der Waals surface area contributed by atoms with Gasteiger partial charge in [0.25, 0.3) is 5.95 Å². The van der Waals surface area contributed by atoms with Gasteiger partial charge in [0, 0.05) is 15.6 Å². The maximum Gasteiger partial charge on any atom is 0.263 e. The molecule has 0 saturated heterocycles. The quantitative estimate of drug-likeness (QED) is 0.772. The number of rotatable bonds is 4. The van der Waals surface area contributed by atoms with Gasteiger partial charge in [-0.3, -0.25) is 0 Å². The number of tetrazole rings is 1. The predicted octanol–water partition coefficient (Wildman–Crippen LogP) is 3.38. The zero-order valence-corrected chi connectivity index (χ0v) is 11.6. The fourth-order valence-corrected chi connectivity index (χ4v) is 2.25. The van der Waals surface area contributed by atoms with Crippen LogP contribution in [0, 0.1) is 0 Å². The summed E-state index contributed by atoms with van der Waals surface area (Å²) in [5, 5.41) is 17.5. The van der Waals surface area contributed by atoms with Gasteiger partial charge >= 0.3 is 0 Å². The lowest BCUT2D eigenvalue weighted by atomic mass is 10.2. The summed E-state index contributed by atoms with van der Waals surface area (Å²) < 4.78 is 5.71. The Labute approximate surface area is 124 Å². The lowest BCUT2D eigenvalue weighted by molar-refractivity contribution is 0.531. The fraction of sp³-hybridized carbons (Fsp3) is 0.0833. The summed E-state index contributed by atoms with van der Waals surface area (Å²) in [6.45, 7) is 0.452. The molecule has 0 atom stereocenters. The molecule has 0 radical (unpaired) electrons. The van der Waals surface area contributed by atoms with Crippen LogP contribution >= 0.6 is 23.2 Å². The molecule has 0 aliphatic carbocycles. The molecular weight excluding hydrogens is 301 g/mol. The molecule has 2 heterocycles. The molecule has 1 aromatic carbocycles. The van der Waals surface area contributed by atoms with Gasteiger partial charge in [-0.05, 0) is 35.5 Å². The highest BCUT2D eigenvalue weighted by molar-refractivity contribution is 6.35. The van der Waals surface area contributed by atoms with Crippen LogP contribution in [0.15, 0.2) is 34.7 Å². The van der Waals surface area contributed by atoms with E-state index >= 15 is 0 Å². The largest absolute Gasteiger partial charge is 0.459 e. The average molecular weight is 310 g/mol. The average Bonchev–Trinajstić information content (AvgIpc) is 3.07. The molecule has 0 aliphatic rings. The Hall–Kier alpha value is -2.05. The zero-order valence-electron chi connectivity index (χ0n) is 10.1. The van der Waals surface area contributed by atoms with Crippen LogP contribution in [0.5, 0.6) is 0 Å². The van der Waals surface area contributed by atoms with Gasteiger partial charge in [0.2, 0.25) is 0 Å². The van der Waals surface area contributed by atoms with E-state index in [1.807, 2.05) is 12.1 Å². The van der Waals surface area contributed by atoms with Crippen LogP contribution in [-0.2, 0) is 6.54 Å². The van der Waals surface area contributed by atoms with Gasteiger partial charge in [0.15, 0.2) is 0 Å². The normalized spacial score (nSPS) is 10.7.